The van der Waals surface area contributed by atoms with E-state index in [9.17, 15) is 9.36 Å². The molecule has 0 aliphatic heterocycles. The van der Waals surface area contributed by atoms with E-state index < -0.39 is 19.8 Å². The molecule has 2 atom stereocenters. The van der Waals surface area contributed by atoms with Gasteiger partial charge in [0.25, 0.3) is 0 Å². The number of hydrogen-bond acceptors (Lipinski definition) is 5. The third kappa shape index (κ3) is 3.82. The van der Waals surface area contributed by atoms with Crippen molar-refractivity contribution in [1.82, 2.24) is 5.09 Å². The van der Waals surface area contributed by atoms with E-state index in [1.54, 1.807) is 13.0 Å². The molecule has 150 valence electrons. The van der Waals surface area contributed by atoms with Crippen molar-refractivity contribution in [2.45, 2.75) is 51.2 Å². The van der Waals surface area contributed by atoms with Gasteiger partial charge >= 0.3 is 13.7 Å². The smallest absolute Gasteiger partial charge is 0.459 e. The molecule has 0 aromatic heterocycles. The average molecular weight is 403 g/mol. The van der Waals surface area contributed by atoms with Crippen LogP contribution < -0.4 is 9.61 Å². The molecule has 0 saturated heterocycles. The molecule has 4 rings (SSSR count). The van der Waals surface area contributed by atoms with Crippen molar-refractivity contribution in [2.75, 3.05) is 7.11 Å². The van der Waals surface area contributed by atoms with Gasteiger partial charge in [-0.15, -0.1) is 0 Å². The zero-order valence-electron chi connectivity index (χ0n) is 16.2. The summed E-state index contributed by atoms with van der Waals surface area (Å²) < 4.78 is 29.5. The molecule has 0 radical (unpaired) electrons. The van der Waals surface area contributed by atoms with Crippen LogP contribution in [0.3, 0.4) is 0 Å². The molecule has 2 fully saturated rings. The highest BCUT2D eigenvalue weighted by Crippen LogP contribution is 2.56. The molecule has 1 N–H and O–H groups in total. The molecule has 0 bridgehead atoms. The van der Waals surface area contributed by atoms with Crippen molar-refractivity contribution in [1.29, 1.82) is 0 Å². The van der Waals surface area contributed by atoms with Gasteiger partial charge in [0.2, 0.25) is 0 Å². The Hall–Kier alpha value is -1.88. The van der Waals surface area contributed by atoms with Gasteiger partial charge < -0.3 is 9.26 Å². The number of carbonyl (C=O) groups excluding carboxylic acids is 1. The van der Waals surface area contributed by atoms with Crippen molar-refractivity contribution < 1.29 is 23.1 Å². The predicted molar refractivity (Wildman–Crippen MR) is 107 cm³/mol. The summed E-state index contributed by atoms with van der Waals surface area (Å²) in [7, 11) is -2.45. The third-order valence-electron chi connectivity index (χ3n) is 5.93. The Morgan fingerprint density at radius 1 is 1.18 bits per heavy atom. The number of esters is 1. The summed E-state index contributed by atoms with van der Waals surface area (Å²) in [5.74, 6) is 0.000219. The maximum absolute atomic E-state index is 13.1. The lowest BCUT2D eigenvalue weighted by Crippen LogP contribution is -2.49. The Bertz CT molecular complexity index is 913. The van der Waals surface area contributed by atoms with E-state index in [2.05, 4.69) is 5.09 Å². The largest absolute Gasteiger partial charge is 0.461 e. The van der Waals surface area contributed by atoms with Gasteiger partial charge in [0.15, 0.2) is 0 Å². The lowest BCUT2D eigenvalue weighted by atomic mass is 9.55. The molecule has 2 aromatic rings. The van der Waals surface area contributed by atoms with Crippen LogP contribution in [-0.2, 0) is 18.6 Å². The standard InChI is InChI=1S/C21H26NO5P/c1-15(20(23)26-17-13-21(14-17)11-6-12-21)22-28(24,25-2)27-19-10-5-8-16-7-3-4-9-18(16)19/h3-5,7-10,15,17H,6,11-14H2,1-2H3,(H,22,24)/t15-,28?/m0/s1. The number of carbonyl (C=O) groups is 1. The summed E-state index contributed by atoms with van der Waals surface area (Å²) in [6.45, 7) is 1.61. The summed E-state index contributed by atoms with van der Waals surface area (Å²) >= 11 is 0. The first-order valence-electron chi connectivity index (χ1n) is 9.73. The number of benzene rings is 2. The molecular formula is C21H26NO5P. The number of nitrogens with one attached hydrogen (secondary N) is 1. The van der Waals surface area contributed by atoms with E-state index in [-0.39, 0.29) is 6.10 Å². The summed E-state index contributed by atoms with van der Waals surface area (Å²) in [5.41, 5.74) is 0.431. The Balaban J connectivity index is 1.39. The minimum atomic E-state index is -3.74. The molecule has 2 aromatic carbocycles. The van der Waals surface area contributed by atoms with Crippen LogP contribution in [0.1, 0.15) is 39.0 Å². The van der Waals surface area contributed by atoms with Gasteiger partial charge in [-0.25, -0.2) is 4.57 Å². The van der Waals surface area contributed by atoms with Crippen LogP contribution in [0.25, 0.3) is 10.8 Å². The van der Waals surface area contributed by atoms with Crippen molar-refractivity contribution >= 4 is 24.5 Å². The summed E-state index contributed by atoms with van der Waals surface area (Å²) in [4.78, 5) is 12.4. The molecule has 2 aliphatic rings. The normalized spacial score (nSPS) is 21.4. The van der Waals surface area contributed by atoms with Gasteiger partial charge in [-0.05, 0) is 49.5 Å². The van der Waals surface area contributed by atoms with Crippen LogP contribution in [-0.4, -0.2) is 25.2 Å². The van der Waals surface area contributed by atoms with E-state index >= 15 is 0 Å². The molecule has 1 unspecified atom stereocenters. The first kappa shape index (κ1) is 19.4. The Morgan fingerprint density at radius 2 is 1.89 bits per heavy atom. The van der Waals surface area contributed by atoms with Gasteiger partial charge in [0.05, 0.1) is 0 Å². The van der Waals surface area contributed by atoms with E-state index in [0.717, 1.165) is 23.6 Å². The van der Waals surface area contributed by atoms with Crippen molar-refractivity contribution in [3.05, 3.63) is 42.5 Å². The number of ether oxygens (including phenoxy) is 1. The van der Waals surface area contributed by atoms with Crippen molar-refractivity contribution in [2.24, 2.45) is 5.41 Å². The fourth-order valence-corrected chi connectivity index (χ4v) is 5.38. The zero-order chi connectivity index (χ0) is 19.8. The van der Waals surface area contributed by atoms with E-state index in [0.29, 0.717) is 11.2 Å². The number of hydrogen-bond donors (Lipinski definition) is 1. The minimum Gasteiger partial charge on any atom is -0.461 e. The topological polar surface area (TPSA) is 73.9 Å². The Labute approximate surface area is 165 Å². The predicted octanol–water partition coefficient (Wildman–Crippen LogP) is 4.83. The highest BCUT2D eigenvalue weighted by atomic mass is 31.2. The third-order valence-corrected chi connectivity index (χ3v) is 7.55. The first-order chi connectivity index (χ1) is 13.4. The maximum atomic E-state index is 13.1. The molecular weight excluding hydrogens is 377 g/mol. The second-order valence-electron chi connectivity index (χ2n) is 7.92. The molecule has 1 spiro atoms. The van der Waals surface area contributed by atoms with Gasteiger partial charge in [-0.1, -0.05) is 42.8 Å². The van der Waals surface area contributed by atoms with E-state index in [1.807, 2.05) is 36.4 Å². The second-order valence-corrected chi connectivity index (χ2v) is 9.72. The van der Waals surface area contributed by atoms with Crippen LogP contribution in [0.4, 0.5) is 0 Å². The van der Waals surface area contributed by atoms with Crippen LogP contribution >= 0.6 is 7.75 Å². The van der Waals surface area contributed by atoms with Crippen LogP contribution in [0.15, 0.2) is 42.5 Å². The summed E-state index contributed by atoms with van der Waals surface area (Å²) in [5, 5.41) is 4.48. The van der Waals surface area contributed by atoms with Crippen molar-refractivity contribution in [3.8, 4) is 5.75 Å². The summed E-state index contributed by atoms with van der Waals surface area (Å²) in [6.07, 6.45) is 5.62. The number of rotatable bonds is 7. The van der Waals surface area contributed by atoms with Gasteiger partial charge in [-0.2, -0.15) is 5.09 Å². The average Bonchev–Trinajstić information content (AvgIpc) is 2.62. The number of fused-ring (bicyclic) bond motifs is 1. The fourth-order valence-electron chi connectivity index (χ4n) is 4.15. The van der Waals surface area contributed by atoms with E-state index in [1.165, 1.54) is 26.4 Å². The highest BCUT2D eigenvalue weighted by Gasteiger charge is 2.50. The first-order valence-corrected chi connectivity index (χ1v) is 11.3. The minimum absolute atomic E-state index is 0.0297. The molecule has 2 saturated carbocycles. The lowest BCUT2D eigenvalue weighted by molar-refractivity contribution is -0.169. The molecule has 0 heterocycles. The summed E-state index contributed by atoms with van der Waals surface area (Å²) in [6, 6.07) is 12.3. The highest BCUT2D eigenvalue weighted by molar-refractivity contribution is 7.52. The Morgan fingerprint density at radius 3 is 2.57 bits per heavy atom. The monoisotopic (exact) mass is 403 g/mol. The molecule has 6 nitrogen and oxygen atoms in total. The van der Waals surface area contributed by atoms with Crippen LogP contribution in [0.2, 0.25) is 0 Å². The SMILES string of the molecule is COP(=O)(N[C@@H](C)C(=O)OC1CC2(CCC2)C1)Oc1cccc2ccccc12. The lowest BCUT2D eigenvalue weighted by Gasteiger charge is -2.53. The molecule has 0 amide bonds. The van der Waals surface area contributed by atoms with Crippen molar-refractivity contribution in [3.63, 3.8) is 0 Å². The van der Waals surface area contributed by atoms with Gasteiger partial charge in [-0.3, -0.25) is 9.32 Å². The van der Waals surface area contributed by atoms with Gasteiger partial charge in [0, 0.05) is 12.5 Å². The van der Waals surface area contributed by atoms with Gasteiger partial charge in [0.1, 0.15) is 17.9 Å². The second kappa shape index (κ2) is 7.51. The van der Waals surface area contributed by atoms with Crippen LogP contribution in [0.5, 0.6) is 5.75 Å². The maximum Gasteiger partial charge on any atom is 0.459 e. The molecule has 28 heavy (non-hydrogen) atoms. The van der Waals surface area contributed by atoms with Crippen LogP contribution in [0, 0.1) is 5.41 Å². The Kier molecular flexibility index (Phi) is 5.21. The van der Waals surface area contributed by atoms with E-state index in [4.69, 9.17) is 13.8 Å². The molecule has 2 aliphatic carbocycles. The fraction of sp³-hybridized carbons (Fsp3) is 0.476. The molecule has 7 heteroatoms. The zero-order valence-corrected chi connectivity index (χ0v) is 17.1. The quantitative estimate of drug-likeness (QED) is 0.527.